The minimum absolute atomic E-state index is 0.480. The van der Waals surface area contributed by atoms with Gasteiger partial charge in [-0.2, -0.15) is 0 Å². The fourth-order valence-corrected chi connectivity index (χ4v) is 4.88. The van der Waals surface area contributed by atoms with E-state index in [1.165, 1.54) is 27.7 Å². The fourth-order valence-electron chi connectivity index (χ4n) is 4.88. The lowest BCUT2D eigenvalue weighted by molar-refractivity contribution is 0.773. The van der Waals surface area contributed by atoms with Crippen LogP contribution in [0.1, 0.15) is 36.1 Å². The fraction of sp³-hybridized carbons (Fsp3) is 0.138. The molecule has 1 aliphatic carbocycles. The summed E-state index contributed by atoms with van der Waals surface area (Å²) in [6.07, 6.45) is 13.0. The molecule has 0 aliphatic heterocycles. The molecular formula is C29H24N4. The monoisotopic (exact) mass is 428 g/mol. The van der Waals surface area contributed by atoms with E-state index in [2.05, 4.69) is 83.0 Å². The summed E-state index contributed by atoms with van der Waals surface area (Å²) in [6, 6.07) is 19.1. The van der Waals surface area contributed by atoms with Gasteiger partial charge in [0.15, 0.2) is 0 Å². The summed E-state index contributed by atoms with van der Waals surface area (Å²) >= 11 is 0. The highest BCUT2D eigenvalue weighted by molar-refractivity contribution is 5.92. The summed E-state index contributed by atoms with van der Waals surface area (Å²) in [4.78, 5) is 13.6. The van der Waals surface area contributed by atoms with E-state index in [1.807, 2.05) is 24.5 Å². The van der Waals surface area contributed by atoms with Crippen molar-refractivity contribution in [1.82, 2.24) is 19.5 Å². The molecule has 0 saturated heterocycles. The van der Waals surface area contributed by atoms with Crippen LogP contribution in [0.4, 0.5) is 0 Å². The van der Waals surface area contributed by atoms with Gasteiger partial charge in [0, 0.05) is 47.0 Å². The maximum atomic E-state index is 4.99. The van der Waals surface area contributed by atoms with Crippen molar-refractivity contribution < 1.29 is 0 Å². The Bertz CT molecular complexity index is 1440. The standard InChI is InChI=1S/C29H24N4/c1-19-10-11-27-24(14-19)29-20(2)6-3-9-28(29)33(27)23-15-25(21-7-4-12-30-17-21)32-26(16-23)22-8-5-13-31-18-22/h3-5,7-18,20H,6H2,1-2H3. The number of nitrogens with zero attached hydrogens (tertiary/aromatic N) is 4. The van der Waals surface area contributed by atoms with E-state index in [0.717, 1.165) is 34.6 Å². The summed E-state index contributed by atoms with van der Waals surface area (Å²) in [6.45, 7) is 4.49. The summed E-state index contributed by atoms with van der Waals surface area (Å²) < 4.78 is 2.39. The Morgan fingerprint density at radius 3 is 2.21 bits per heavy atom. The number of fused-ring (bicyclic) bond motifs is 3. The first-order valence-corrected chi connectivity index (χ1v) is 11.3. The minimum atomic E-state index is 0.480. The summed E-state index contributed by atoms with van der Waals surface area (Å²) in [7, 11) is 0. The average Bonchev–Trinajstić information content (AvgIpc) is 3.19. The lowest BCUT2D eigenvalue weighted by Gasteiger charge is -2.18. The van der Waals surface area contributed by atoms with Crippen LogP contribution in [0.15, 0.2) is 85.5 Å². The highest BCUT2D eigenvalue weighted by atomic mass is 15.0. The van der Waals surface area contributed by atoms with Crippen LogP contribution >= 0.6 is 0 Å². The first-order valence-electron chi connectivity index (χ1n) is 11.3. The molecule has 1 unspecified atom stereocenters. The van der Waals surface area contributed by atoms with Crippen molar-refractivity contribution in [2.75, 3.05) is 0 Å². The molecule has 0 spiro atoms. The van der Waals surface area contributed by atoms with Crippen molar-refractivity contribution in [1.29, 1.82) is 0 Å². The van der Waals surface area contributed by atoms with Crippen LogP contribution in [0, 0.1) is 6.92 Å². The second kappa shape index (κ2) is 7.82. The third-order valence-electron chi connectivity index (χ3n) is 6.44. The Morgan fingerprint density at radius 1 is 0.879 bits per heavy atom. The Morgan fingerprint density at radius 2 is 1.58 bits per heavy atom. The maximum absolute atomic E-state index is 4.99. The number of aromatic nitrogens is 4. The van der Waals surface area contributed by atoms with Crippen molar-refractivity contribution in [2.24, 2.45) is 0 Å². The maximum Gasteiger partial charge on any atom is 0.0745 e. The van der Waals surface area contributed by atoms with Gasteiger partial charge in [-0.1, -0.05) is 24.6 Å². The smallest absolute Gasteiger partial charge is 0.0745 e. The zero-order valence-electron chi connectivity index (χ0n) is 18.7. The van der Waals surface area contributed by atoms with Gasteiger partial charge in [0.25, 0.3) is 0 Å². The quantitative estimate of drug-likeness (QED) is 0.311. The number of benzene rings is 1. The molecule has 1 atom stereocenters. The molecule has 4 aromatic heterocycles. The van der Waals surface area contributed by atoms with Crippen molar-refractivity contribution in [3.8, 4) is 28.2 Å². The van der Waals surface area contributed by atoms with Crippen molar-refractivity contribution >= 4 is 17.0 Å². The summed E-state index contributed by atoms with van der Waals surface area (Å²) in [5, 5.41) is 1.34. The zero-order chi connectivity index (χ0) is 22.4. The Hall–Kier alpha value is -4.05. The van der Waals surface area contributed by atoms with E-state index in [0.29, 0.717) is 5.92 Å². The van der Waals surface area contributed by atoms with Crippen molar-refractivity contribution in [3.05, 3.63) is 102 Å². The van der Waals surface area contributed by atoms with E-state index in [4.69, 9.17) is 4.98 Å². The van der Waals surface area contributed by atoms with Gasteiger partial charge in [-0.3, -0.25) is 9.97 Å². The molecule has 5 aromatic rings. The predicted octanol–water partition coefficient (Wildman–Crippen LogP) is 6.98. The Balaban J connectivity index is 1.67. The van der Waals surface area contributed by atoms with Crippen molar-refractivity contribution in [3.63, 3.8) is 0 Å². The van der Waals surface area contributed by atoms with E-state index in [1.54, 1.807) is 12.4 Å². The van der Waals surface area contributed by atoms with Gasteiger partial charge >= 0.3 is 0 Å². The van der Waals surface area contributed by atoms with E-state index >= 15 is 0 Å². The predicted molar refractivity (Wildman–Crippen MR) is 134 cm³/mol. The molecule has 4 heterocycles. The first-order chi connectivity index (χ1) is 16.2. The number of aryl methyl sites for hydroxylation is 1. The van der Waals surface area contributed by atoms with E-state index in [-0.39, 0.29) is 0 Å². The minimum Gasteiger partial charge on any atom is -0.309 e. The van der Waals surface area contributed by atoms with E-state index < -0.39 is 0 Å². The molecule has 0 amide bonds. The summed E-state index contributed by atoms with van der Waals surface area (Å²) in [5.41, 5.74) is 10.1. The number of allylic oxidation sites excluding steroid dienone is 1. The zero-order valence-corrected chi connectivity index (χ0v) is 18.7. The highest BCUT2D eigenvalue weighted by Crippen LogP contribution is 2.40. The van der Waals surface area contributed by atoms with Gasteiger partial charge in [-0.05, 0) is 79.4 Å². The molecule has 0 N–H and O–H groups in total. The molecule has 4 heteroatoms. The molecule has 160 valence electrons. The number of pyridine rings is 3. The second-order valence-electron chi connectivity index (χ2n) is 8.77. The lowest BCUT2D eigenvalue weighted by Crippen LogP contribution is -2.04. The van der Waals surface area contributed by atoms with Gasteiger partial charge in [0.1, 0.15) is 0 Å². The third-order valence-corrected chi connectivity index (χ3v) is 6.44. The SMILES string of the molecule is Cc1ccc2c(c1)c1c(n2-c2cc(-c3cccnc3)nc(-c3cccnc3)c2)C=CCC1C. The van der Waals surface area contributed by atoms with Gasteiger partial charge in [-0.25, -0.2) is 4.98 Å². The van der Waals surface area contributed by atoms with E-state index in [9.17, 15) is 0 Å². The topological polar surface area (TPSA) is 43.6 Å². The van der Waals surface area contributed by atoms with Gasteiger partial charge in [-0.15, -0.1) is 0 Å². The van der Waals surface area contributed by atoms with Crippen LogP contribution in [0.5, 0.6) is 0 Å². The molecule has 1 aromatic carbocycles. The number of hydrogen-bond acceptors (Lipinski definition) is 3. The number of hydrogen-bond donors (Lipinski definition) is 0. The first kappa shape index (κ1) is 19.6. The highest BCUT2D eigenvalue weighted by Gasteiger charge is 2.23. The molecule has 0 saturated carbocycles. The van der Waals surface area contributed by atoms with Crippen LogP contribution in [-0.2, 0) is 0 Å². The second-order valence-corrected chi connectivity index (χ2v) is 8.77. The largest absolute Gasteiger partial charge is 0.309 e. The summed E-state index contributed by atoms with van der Waals surface area (Å²) in [5.74, 6) is 0.480. The van der Waals surface area contributed by atoms with Crippen LogP contribution in [0.2, 0.25) is 0 Å². The lowest BCUT2D eigenvalue weighted by atomic mass is 9.90. The van der Waals surface area contributed by atoms with Gasteiger partial charge in [0.05, 0.1) is 22.6 Å². The average molecular weight is 429 g/mol. The Kier molecular flexibility index (Phi) is 4.65. The van der Waals surface area contributed by atoms with Gasteiger partial charge in [0.2, 0.25) is 0 Å². The molecule has 0 fully saturated rings. The molecule has 1 aliphatic rings. The van der Waals surface area contributed by atoms with Crippen LogP contribution < -0.4 is 0 Å². The third kappa shape index (κ3) is 3.35. The van der Waals surface area contributed by atoms with Crippen LogP contribution in [-0.4, -0.2) is 19.5 Å². The van der Waals surface area contributed by atoms with Gasteiger partial charge < -0.3 is 4.57 Å². The molecule has 0 bridgehead atoms. The molecule has 33 heavy (non-hydrogen) atoms. The molecule has 4 nitrogen and oxygen atoms in total. The molecular weight excluding hydrogens is 404 g/mol. The van der Waals surface area contributed by atoms with Crippen molar-refractivity contribution in [2.45, 2.75) is 26.2 Å². The Labute approximate surface area is 193 Å². The normalized spacial score (nSPS) is 15.0. The number of rotatable bonds is 3. The molecule has 6 rings (SSSR count). The van der Waals surface area contributed by atoms with Crippen LogP contribution in [0.25, 0.3) is 45.2 Å². The van der Waals surface area contributed by atoms with Crippen LogP contribution in [0.3, 0.4) is 0 Å². The molecule has 0 radical (unpaired) electrons.